The molecule has 0 bridgehead atoms. The maximum atomic E-state index is 13.2. The number of amides is 1. The minimum atomic E-state index is -3.93. The first-order valence-corrected chi connectivity index (χ1v) is 14.1. The molecule has 34 heavy (non-hydrogen) atoms. The van der Waals surface area contributed by atoms with Crippen molar-refractivity contribution < 1.29 is 26.4 Å². The SMILES string of the molecule is COc1ccc(C(=O)NC(C)c2cccc(S(N)(=O)=O)c2)cc1S(=O)(=O)NC1CCCCC1C. The Kier molecular flexibility index (Phi) is 8.02. The van der Waals surface area contributed by atoms with Gasteiger partial charge in [-0.15, -0.1) is 0 Å². The van der Waals surface area contributed by atoms with Crippen LogP contribution in [0, 0.1) is 5.92 Å². The summed E-state index contributed by atoms with van der Waals surface area (Å²) in [7, 11) is -6.44. The minimum Gasteiger partial charge on any atom is -0.495 e. The minimum absolute atomic E-state index is 0.0630. The van der Waals surface area contributed by atoms with Gasteiger partial charge in [-0.2, -0.15) is 0 Å². The Hall–Kier alpha value is -2.47. The average Bonchev–Trinajstić information content (AvgIpc) is 2.79. The van der Waals surface area contributed by atoms with Crippen molar-refractivity contribution in [2.75, 3.05) is 7.11 Å². The molecule has 186 valence electrons. The zero-order valence-electron chi connectivity index (χ0n) is 19.4. The number of primary sulfonamides is 1. The highest BCUT2D eigenvalue weighted by Crippen LogP contribution is 2.29. The van der Waals surface area contributed by atoms with E-state index in [0.29, 0.717) is 5.56 Å². The summed E-state index contributed by atoms with van der Waals surface area (Å²) in [5.41, 5.74) is 0.668. The molecule has 0 spiro atoms. The second-order valence-corrected chi connectivity index (χ2v) is 11.9. The van der Waals surface area contributed by atoms with Gasteiger partial charge in [-0.1, -0.05) is 31.9 Å². The van der Waals surface area contributed by atoms with Crippen LogP contribution in [0.2, 0.25) is 0 Å². The number of carbonyl (C=O) groups excluding carboxylic acids is 1. The molecule has 0 saturated heterocycles. The number of nitrogens with one attached hydrogen (secondary N) is 2. The largest absolute Gasteiger partial charge is 0.495 e. The molecule has 1 aliphatic rings. The van der Waals surface area contributed by atoms with Crippen LogP contribution < -0.4 is 19.9 Å². The van der Waals surface area contributed by atoms with Crippen LogP contribution in [-0.2, 0) is 20.0 Å². The van der Waals surface area contributed by atoms with Gasteiger partial charge in [-0.25, -0.2) is 26.7 Å². The van der Waals surface area contributed by atoms with Crippen molar-refractivity contribution in [1.29, 1.82) is 0 Å². The van der Waals surface area contributed by atoms with Crippen molar-refractivity contribution in [3.05, 3.63) is 53.6 Å². The average molecular weight is 510 g/mol. The topological polar surface area (TPSA) is 145 Å². The van der Waals surface area contributed by atoms with E-state index in [1.165, 1.54) is 43.5 Å². The smallest absolute Gasteiger partial charge is 0.251 e. The summed E-state index contributed by atoms with van der Waals surface area (Å²) in [4.78, 5) is 12.8. The third-order valence-corrected chi connectivity index (χ3v) is 8.59. The zero-order valence-corrected chi connectivity index (χ0v) is 21.1. The Labute approximate surface area is 201 Å². The molecular weight excluding hydrogens is 478 g/mol. The predicted octanol–water partition coefficient (Wildman–Crippen LogP) is 2.69. The van der Waals surface area contributed by atoms with Crippen molar-refractivity contribution in [3.8, 4) is 5.75 Å². The number of hydrogen-bond donors (Lipinski definition) is 3. The van der Waals surface area contributed by atoms with Crippen LogP contribution in [0.4, 0.5) is 0 Å². The fourth-order valence-electron chi connectivity index (χ4n) is 4.11. The molecule has 1 amide bonds. The van der Waals surface area contributed by atoms with Gasteiger partial charge in [-0.3, -0.25) is 4.79 Å². The number of sulfonamides is 2. The summed E-state index contributed by atoms with van der Waals surface area (Å²) in [5.74, 6) is -0.157. The molecule has 9 nitrogen and oxygen atoms in total. The summed E-state index contributed by atoms with van der Waals surface area (Å²) in [5, 5.41) is 7.95. The summed E-state index contributed by atoms with van der Waals surface area (Å²) in [6.45, 7) is 3.72. The van der Waals surface area contributed by atoms with E-state index in [2.05, 4.69) is 10.0 Å². The van der Waals surface area contributed by atoms with Crippen molar-refractivity contribution in [2.45, 2.75) is 61.4 Å². The van der Waals surface area contributed by atoms with E-state index in [4.69, 9.17) is 9.88 Å². The third kappa shape index (κ3) is 6.15. The molecule has 11 heteroatoms. The van der Waals surface area contributed by atoms with Crippen LogP contribution in [0.25, 0.3) is 0 Å². The number of ether oxygens (including phenoxy) is 1. The van der Waals surface area contributed by atoms with Gasteiger partial charge in [-0.05, 0) is 61.6 Å². The van der Waals surface area contributed by atoms with Gasteiger partial charge in [0.25, 0.3) is 5.91 Å². The lowest BCUT2D eigenvalue weighted by atomic mass is 9.87. The molecule has 2 aromatic carbocycles. The van der Waals surface area contributed by atoms with E-state index in [0.717, 1.165) is 25.7 Å². The Bertz CT molecular complexity index is 1260. The van der Waals surface area contributed by atoms with Crippen LogP contribution in [0.3, 0.4) is 0 Å². The number of hydrogen-bond acceptors (Lipinski definition) is 6. The van der Waals surface area contributed by atoms with E-state index < -0.39 is 32.0 Å². The predicted molar refractivity (Wildman–Crippen MR) is 128 cm³/mol. The number of carbonyl (C=O) groups is 1. The number of methoxy groups -OCH3 is 1. The molecule has 3 unspecified atom stereocenters. The number of benzene rings is 2. The lowest BCUT2D eigenvalue weighted by Gasteiger charge is -2.29. The van der Waals surface area contributed by atoms with Crippen LogP contribution >= 0.6 is 0 Å². The molecule has 1 saturated carbocycles. The van der Waals surface area contributed by atoms with Crippen molar-refractivity contribution in [3.63, 3.8) is 0 Å². The quantitative estimate of drug-likeness (QED) is 0.499. The lowest BCUT2D eigenvalue weighted by Crippen LogP contribution is -2.41. The highest BCUT2D eigenvalue weighted by molar-refractivity contribution is 7.89. The van der Waals surface area contributed by atoms with Gasteiger partial charge in [0.1, 0.15) is 10.6 Å². The fourth-order valence-corrected chi connectivity index (χ4v) is 6.25. The monoisotopic (exact) mass is 509 g/mol. The Morgan fingerprint density at radius 1 is 1.09 bits per heavy atom. The molecule has 4 N–H and O–H groups in total. The van der Waals surface area contributed by atoms with Gasteiger partial charge >= 0.3 is 0 Å². The van der Waals surface area contributed by atoms with Gasteiger partial charge in [0.2, 0.25) is 20.0 Å². The molecule has 2 aromatic rings. The molecule has 0 radical (unpaired) electrons. The fraction of sp³-hybridized carbons (Fsp3) is 0.435. The van der Waals surface area contributed by atoms with Gasteiger partial charge in [0, 0.05) is 11.6 Å². The maximum Gasteiger partial charge on any atom is 0.251 e. The Morgan fingerprint density at radius 2 is 1.79 bits per heavy atom. The van der Waals surface area contributed by atoms with Crippen LogP contribution in [0.1, 0.15) is 61.5 Å². The van der Waals surface area contributed by atoms with Crippen LogP contribution in [0.5, 0.6) is 5.75 Å². The number of nitrogens with two attached hydrogens (primary N) is 1. The Balaban J connectivity index is 1.84. The standard InChI is InChI=1S/C23H31N3O6S2/c1-15-7-4-5-10-20(15)26-34(30,31)22-14-18(11-12-21(22)32-3)23(27)25-16(2)17-8-6-9-19(13-17)33(24,28)29/h6,8-9,11-16,20,26H,4-5,7,10H2,1-3H3,(H,25,27)(H2,24,28,29). The van der Waals surface area contributed by atoms with Gasteiger partial charge in [0.05, 0.1) is 18.0 Å². The van der Waals surface area contributed by atoms with E-state index in [9.17, 15) is 21.6 Å². The van der Waals surface area contributed by atoms with E-state index in [1.54, 1.807) is 13.0 Å². The molecule has 1 aliphatic carbocycles. The second-order valence-electron chi connectivity index (χ2n) is 8.67. The first kappa shape index (κ1) is 26.1. The van der Waals surface area contributed by atoms with Gasteiger partial charge < -0.3 is 10.1 Å². The summed E-state index contributed by atoms with van der Waals surface area (Å²) < 4.78 is 57.7. The first-order chi connectivity index (χ1) is 15.9. The van der Waals surface area contributed by atoms with Gasteiger partial charge in [0.15, 0.2) is 0 Å². The zero-order chi connectivity index (χ0) is 25.1. The summed E-state index contributed by atoms with van der Waals surface area (Å²) in [6.07, 6.45) is 3.76. The van der Waals surface area contributed by atoms with E-state index in [-0.39, 0.29) is 33.1 Å². The Morgan fingerprint density at radius 3 is 2.44 bits per heavy atom. The van der Waals surface area contributed by atoms with Crippen molar-refractivity contribution in [2.24, 2.45) is 11.1 Å². The maximum absolute atomic E-state index is 13.2. The number of rotatable bonds is 8. The van der Waals surface area contributed by atoms with Crippen LogP contribution in [-0.4, -0.2) is 35.9 Å². The molecule has 1 fully saturated rings. The molecule has 3 atom stereocenters. The van der Waals surface area contributed by atoms with Crippen molar-refractivity contribution in [1.82, 2.24) is 10.0 Å². The van der Waals surface area contributed by atoms with E-state index in [1.807, 2.05) is 6.92 Å². The highest BCUT2D eigenvalue weighted by atomic mass is 32.2. The third-order valence-electron chi connectivity index (χ3n) is 6.17. The molecule has 0 aliphatic heterocycles. The molecule has 0 aromatic heterocycles. The molecular formula is C23H31N3O6S2. The normalized spacial score (nSPS) is 19.9. The second kappa shape index (κ2) is 10.4. The molecule has 0 heterocycles. The summed E-state index contributed by atoms with van der Waals surface area (Å²) in [6, 6.07) is 9.44. The highest BCUT2D eigenvalue weighted by Gasteiger charge is 2.29. The summed E-state index contributed by atoms with van der Waals surface area (Å²) >= 11 is 0. The van der Waals surface area contributed by atoms with Crippen LogP contribution in [0.15, 0.2) is 52.3 Å². The first-order valence-electron chi connectivity index (χ1n) is 11.1. The van der Waals surface area contributed by atoms with E-state index >= 15 is 0 Å². The lowest BCUT2D eigenvalue weighted by molar-refractivity contribution is 0.0939. The molecule has 3 rings (SSSR count). The van der Waals surface area contributed by atoms with Crippen molar-refractivity contribution >= 4 is 26.0 Å².